The zero-order chi connectivity index (χ0) is 10.7. The Labute approximate surface area is 93.5 Å². The number of aliphatic hydroxyl groups excluding tert-OH is 1. The quantitative estimate of drug-likeness (QED) is 0.734. The molecule has 15 heavy (non-hydrogen) atoms. The maximum atomic E-state index is 10.1. The number of hydrogen-bond acceptors (Lipinski definition) is 2. The lowest BCUT2D eigenvalue weighted by Crippen LogP contribution is -2.47. The molecule has 2 nitrogen and oxygen atoms in total. The van der Waals surface area contributed by atoms with E-state index in [1.807, 2.05) is 0 Å². The van der Waals surface area contributed by atoms with Crippen molar-refractivity contribution in [1.82, 2.24) is 5.32 Å². The molecule has 4 atom stereocenters. The van der Waals surface area contributed by atoms with Crippen molar-refractivity contribution in [1.29, 1.82) is 0 Å². The number of nitrogens with one attached hydrogen (secondary N) is 1. The number of piperidine rings is 1. The van der Waals surface area contributed by atoms with Gasteiger partial charge >= 0.3 is 0 Å². The minimum absolute atomic E-state index is 0.0385. The molecule has 0 aromatic carbocycles. The first-order valence-corrected chi connectivity index (χ1v) is 6.72. The van der Waals surface area contributed by atoms with E-state index in [4.69, 9.17) is 0 Å². The molecule has 2 fully saturated rings. The van der Waals surface area contributed by atoms with Crippen molar-refractivity contribution < 1.29 is 5.11 Å². The Bertz CT molecular complexity index is 189. The molecular weight excluding hydrogens is 186 g/mol. The molecule has 2 heteroatoms. The predicted octanol–water partition coefficient (Wildman–Crippen LogP) is 2.32. The van der Waals surface area contributed by atoms with Crippen LogP contribution in [0.5, 0.6) is 0 Å². The van der Waals surface area contributed by atoms with Crippen molar-refractivity contribution in [3.63, 3.8) is 0 Å². The molecule has 1 saturated carbocycles. The summed E-state index contributed by atoms with van der Waals surface area (Å²) < 4.78 is 0. The van der Waals surface area contributed by atoms with Crippen molar-refractivity contribution in [3.05, 3.63) is 0 Å². The van der Waals surface area contributed by atoms with Gasteiger partial charge in [0.2, 0.25) is 0 Å². The predicted molar refractivity (Wildman–Crippen MR) is 62.8 cm³/mol. The number of aliphatic hydroxyl groups is 1. The smallest absolute Gasteiger partial charge is 0.0583 e. The summed E-state index contributed by atoms with van der Waals surface area (Å²) in [6.07, 6.45) is 8.70. The topological polar surface area (TPSA) is 32.3 Å². The maximum absolute atomic E-state index is 10.1. The standard InChI is InChI=1S/C13H25NO/c1-2-10-6-7-13(15)11(9-10)12-5-3-4-8-14-12/h10-15H,2-9H2,1H3. The minimum atomic E-state index is -0.0385. The normalized spacial score (nSPS) is 42.8. The van der Waals surface area contributed by atoms with Crippen molar-refractivity contribution in [2.45, 2.75) is 64.0 Å². The molecule has 0 spiro atoms. The lowest BCUT2D eigenvalue weighted by atomic mass is 9.73. The molecule has 2 aliphatic rings. The van der Waals surface area contributed by atoms with Gasteiger partial charge in [0.05, 0.1) is 6.10 Å². The SMILES string of the molecule is CCC1CCC(O)C(C2CCCCN2)C1. The van der Waals surface area contributed by atoms with E-state index in [-0.39, 0.29) is 6.10 Å². The second-order valence-electron chi connectivity index (χ2n) is 5.37. The van der Waals surface area contributed by atoms with Crippen molar-refractivity contribution in [2.75, 3.05) is 6.54 Å². The largest absolute Gasteiger partial charge is 0.393 e. The van der Waals surface area contributed by atoms with E-state index >= 15 is 0 Å². The summed E-state index contributed by atoms with van der Waals surface area (Å²) in [6.45, 7) is 3.44. The Morgan fingerprint density at radius 3 is 2.73 bits per heavy atom. The summed E-state index contributed by atoms with van der Waals surface area (Å²) in [5.41, 5.74) is 0. The fourth-order valence-electron chi connectivity index (χ4n) is 3.33. The van der Waals surface area contributed by atoms with Gasteiger partial charge in [0.15, 0.2) is 0 Å². The molecule has 2 rings (SSSR count). The van der Waals surface area contributed by atoms with Crippen LogP contribution in [0.25, 0.3) is 0 Å². The third-order valence-corrected chi connectivity index (χ3v) is 4.41. The molecule has 0 aromatic rings. The molecule has 0 bridgehead atoms. The van der Waals surface area contributed by atoms with Gasteiger partial charge in [0, 0.05) is 12.0 Å². The van der Waals surface area contributed by atoms with Gasteiger partial charge in [-0.15, -0.1) is 0 Å². The molecule has 88 valence electrons. The summed E-state index contributed by atoms with van der Waals surface area (Å²) in [7, 11) is 0. The molecule has 0 aromatic heterocycles. The van der Waals surface area contributed by atoms with E-state index in [9.17, 15) is 5.11 Å². The summed E-state index contributed by atoms with van der Waals surface area (Å²) in [6, 6.07) is 0.600. The Morgan fingerprint density at radius 1 is 1.20 bits per heavy atom. The Morgan fingerprint density at radius 2 is 2.07 bits per heavy atom. The molecule has 1 heterocycles. The third kappa shape index (κ3) is 2.73. The number of hydrogen-bond donors (Lipinski definition) is 2. The first-order valence-electron chi connectivity index (χ1n) is 6.72. The molecule has 1 aliphatic heterocycles. The van der Waals surface area contributed by atoms with Gasteiger partial charge in [-0.05, 0) is 44.6 Å². The first-order chi connectivity index (χ1) is 7.31. The second-order valence-corrected chi connectivity index (χ2v) is 5.37. The van der Waals surface area contributed by atoms with Crippen LogP contribution in [-0.4, -0.2) is 23.8 Å². The van der Waals surface area contributed by atoms with E-state index in [0.29, 0.717) is 12.0 Å². The van der Waals surface area contributed by atoms with Crippen LogP contribution in [-0.2, 0) is 0 Å². The van der Waals surface area contributed by atoms with Crippen LogP contribution >= 0.6 is 0 Å². The van der Waals surface area contributed by atoms with Gasteiger partial charge < -0.3 is 10.4 Å². The van der Waals surface area contributed by atoms with Gasteiger partial charge in [-0.3, -0.25) is 0 Å². The highest BCUT2D eigenvalue weighted by molar-refractivity contribution is 4.89. The van der Waals surface area contributed by atoms with Gasteiger partial charge in [0.25, 0.3) is 0 Å². The molecular formula is C13H25NO. The lowest BCUT2D eigenvalue weighted by molar-refractivity contribution is 0.0218. The average molecular weight is 211 g/mol. The van der Waals surface area contributed by atoms with Crippen LogP contribution in [0.4, 0.5) is 0 Å². The van der Waals surface area contributed by atoms with Gasteiger partial charge in [-0.25, -0.2) is 0 Å². The summed E-state index contributed by atoms with van der Waals surface area (Å²) >= 11 is 0. The Kier molecular flexibility index (Phi) is 4.04. The maximum Gasteiger partial charge on any atom is 0.0583 e. The first kappa shape index (κ1) is 11.4. The Balaban J connectivity index is 1.92. The van der Waals surface area contributed by atoms with Gasteiger partial charge in [0.1, 0.15) is 0 Å². The minimum Gasteiger partial charge on any atom is -0.393 e. The van der Waals surface area contributed by atoms with Gasteiger partial charge in [-0.2, -0.15) is 0 Å². The highest BCUT2D eigenvalue weighted by atomic mass is 16.3. The van der Waals surface area contributed by atoms with E-state index in [1.165, 1.54) is 38.5 Å². The van der Waals surface area contributed by atoms with Crippen LogP contribution in [0.3, 0.4) is 0 Å². The van der Waals surface area contributed by atoms with E-state index in [0.717, 1.165) is 18.9 Å². The molecule has 0 amide bonds. The van der Waals surface area contributed by atoms with Crippen LogP contribution in [0.2, 0.25) is 0 Å². The average Bonchev–Trinajstić information content (AvgIpc) is 2.31. The zero-order valence-electron chi connectivity index (χ0n) is 9.91. The molecule has 2 N–H and O–H groups in total. The molecule has 1 saturated heterocycles. The lowest BCUT2D eigenvalue weighted by Gasteiger charge is -2.40. The van der Waals surface area contributed by atoms with Crippen LogP contribution in [0, 0.1) is 11.8 Å². The Hall–Kier alpha value is -0.0800. The van der Waals surface area contributed by atoms with E-state index in [1.54, 1.807) is 0 Å². The van der Waals surface area contributed by atoms with Crippen molar-refractivity contribution >= 4 is 0 Å². The van der Waals surface area contributed by atoms with E-state index < -0.39 is 0 Å². The molecule has 0 radical (unpaired) electrons. The van der Waals surface area contributed by atoms with Gasteiger partial charge in [-0.1, -0.05) is 19.8 Å². The summed E-state index contributed by atoms with van der Waals surface area (Å²) in [5, 5.41) is 13.7. The monoisotopic (exact) mass is 211 g/mol. The second kappa shape index (κ2) is 5.31. The summed E-state index contributed by atoms with van der Waals surface area (Å²) in [5.74, 6) is 1.39. The fourth-order valence-corrected chi connectivity index (χ4v) is 3.33. The van der Waals surface area contributed by atoms with Crippen LogP contribution < -0.4 is 5.32 Å². The van der Waals surface area contributed by atoms with Crippen molar-refractivity contribution in [3.8, 4) is 0 Å². The van der Waals surface area contributed by atoms with Crippen LogP contribution in [0.1, 0.15) is 51.9 Å². The molecule has 4 unspecified atom stereocenters. The van der Waals surface area contributed by atoms with Crippen molar-refractivity contribution in [2.24, 2.45) is 11.8 Å². The summed E-state index contributed by atoms with van der Waals surface area (Å²) in [4.78, 5) is 0. The highest BCUT2D eigenvalue weighted by Gasteiger charge is 2.34. The van der Waals surface area contributed by atoms with E-state index in [2.05, 4.69) is 12.2 Å². The zero-order valence-corrected chi connectivity index (χ0v) is 9.91. The number of rotatable bonds is 2. The third-order valence-electron chi connectivity index (χ3n) is 4.41. The molecule has 1 aliphatic carbocycles. The van der Waals surface area contributed by atoms with Crippen LogP contribution in [0.15, 0.2) is 0 Å². The fraction of sp³-hybridized carbons (Fsp3) is 1.00. The highest BCUT2D eigenvalue weighted by Crippen LogP contribution is 2.35.